The molecule has 3 nitrogen and oxygen atoms in total. The SMILES string of the molecule is COC(=O)CC(Cc1ccccc1)c1ccc(OC)cc1. The Balaban J connectivity index is 2.19. The minimum Gasteiger partial charge on any atom is -0.497 e. The number of hydrogen-bond acceptors (Lipinski definition) is 3. The van der Waals surface area contributed by atoms with E-state index in [0.29, 0.717) is 6.42 Å². The van der Waals surface area contributed by atoms with Crippen molar-refractivity contribution in [3.8, 4) is 5.75 Å². The molecule has 0 bridgehead atoms. The molecule has 0 aliphatic heterocycles. The number of methoxy groups -OCH3 is 2. The average Bonchev–Trinajstić information content (AvgIpc) is 2.55. The maximum absolute atomic E-state index is 11.7. The summed E-state index contributed by atoms with van der Waals surface area (Å²) in [6, 6.07) is 18.0. The van der Waals surface area contributed by atoms with Crippen molar-refractivity contribution in [1.29, 1.82) is 0 Å². The van der Waals surface area contributed by atoms with E-state index in [1.165, 1.54) is 12.7 Å². The molecule has 0 saturated carbocycles. The highest BCUT2D eigenvalue weighted by Crippen LogP contribution is 2.26. The van der Waals surface area contributed by atoms with Gasteiger partial charge in [0.05, 0.1) is 20.6 Å². The van der Waals surface area contributed by atoms with Gasteiger partial charge in [-0.15, -0.1) is 0 Å². The van der Waals surface area contributed by atoms with Crippen LogP contribution in [0.1, 0.15) is 23.5 Å². The van der Waals surface area contributed by atoms with Gasteiger partial charge in [0.15, 0.2) is 0 Å². The van der Waals surface area contributed by atoms with Crippen LogP contribution < -0.4 is 4.74 Å². The molecule has 0 amide bonds. The van der Waals surface area contributed by atoms with Gasteiger partial charge in [-0.05, 0) is 35.6 Å². The summed E-state index contributed by atoms with van der Waals surface area (Å²) < 4.78 is 10.00. The summed E-state index contributed by atoms with van der Waals surface area (Å²) in [5.41, 5.74) is 2.33. The van der Waals surface area contributed by atoms with Crippen molar-refractivity contribution in [3.63, 3.8) is 0 Å². The Kier molecular flexibility index (Phi) is 5.38. The first kappa shape index (κ1) is 15.1. The summed E-state index contributed by atoms with van der Waals surface area (Å²) in [5, 5.41) is 0. The zero-order valence-electron chi connectivity index (χ0n) is 12.4. The number of ether oxygens (including phenoxy) is 2. The van der Waals surface area contributed by atoms with Gasteiger partial charge in [0.25, 0.3) is 0 Å². The van der Waals surface area contributed by atoms with Crippen LogP contribution in [0, 0.1) is 0 Å². The number of hydrogen-bond donors (Lipinski definition) is 0. The Morgan fingerprint density at radius 2 is 1.67 bits per heavy atom. The topological polar surface area (TPSA) is 35.5 Å². The minimum atomic E-state index is -0.188. The fraction of sp³-hybridized carbons (Fsp3) is 0.278. The number of benzene rings is 2. The van der Waals surface area contributed by atoms with Gasteiger partial charge < -0.3 is 9.47 Å². The zero-order valence-corrected chi connectivity index (χ0v) is 12.4. The first-order chi connectivity index (χ1) is 10.2. The molecular formula is C18H20O3. The fourth-order valence-corrected chi connectivity index (χ4v) is 2.37. The van der Waals surface area contributed by atoms with Crippen LogP contribution in [0.4, 0.5) is 0 Å². The second kappa shape index (κ2) is 7.48. The van der Waals surface area contributed by atoms with E-state index in [0.717, 1.165) is 17.7 Å². The summed E-state index contributed by atoms with van der Waals surface area (Å²) in [7, 11) is 3.07. The molecule has 21 heavy (non-hydrogen) atoms. The summed E-state index contributed by atoms with van der Waals surface area (Å²) >= 11 is 0. The van der Waals surface area contributed by atoms with Crippen molar-refractivity contribution in [3.05, 3.63) is 65.7 Å². The molecule has 1 atom stereocenters. The van der Waals surface area contributed by atoms with E-state index < -0.39 is 0 Å². The van der Waals surface area contributed by atoms with Crippen LogP contribution in [-0.4, -0.2) is 20.2 Å². The third kappa shape index (κ3) is 4.35. The van der Waals surface area contributed by atoms with Crippen LogP contribution in [0.25, 0.3) is 0 Å². The molecule has 0 radical (unpaired) electrons. The molecule has 0 fully saturated rings. The van der Waals surface area contributed by atoms with Crippen molar-refractivity contribution in [2.75, 3.05) is 14.2 Å². The lowest BCUT2D eigenvalue weighted by Crippen LogP contribution is -2.11. The summed E-state index contributed by atoms with van der Waals surface area (Å²) in [6.45, 7) is 0. The molecule has 0 aliphatic rings. The van der Waals surface area contributed by atoms with E-state index in [-0.39, 0.29) is 11.9 Å². The van der Waals surface area contributed by atoms with E-state index in [4.69, 9.17) is 9.47 Å². The lowest BCUT2D eigenvalue weighted by molar-refractivity contribution is -0.141. The maximum Gasteiger partial charge on any atom is 0.306 e. The lowest BCUT2D eigenvalue weighted by atomic mass is 9.89. The van der Waals surface area contributed by atoms with E-state index in [9.17, 15) is 4.79 Å². The third-order valence-corrected chi connectivity index (χ3v) is 3.55. The minimum absolute atomic E-state index is 0.103. The first-order valence-electron chi connectivity index (χ1n) is 6.97. The Hall–Kier alpha value is -2.29. The summed E-state index contributed by atoms with van der Waals surface area (Å²) in [5.74, 6) is 0.729. The summed E-state index contributed by atoms with van der Waals surface area (Å²) in [6.07, 6.45) is 1.18. The van der Waals surface area contributed by atoms with Crippen LogP contribution in [0.5, 0.6) is 5.75 Å². The second-order valence-electron chi connectivity index (χ2n) is 4.94. The summed E-state index contributed by atoms with van der Waals surface area (Å²) in [4.78, 5) is 11.7. The monoisotopic (exact) mass is 284 g/mol. The molecule has 3 heteroatoms. The molecule has 2 aromatic carbocycles. The van der Waals surface area contributed by atoms with Crippen molar-refractivity contribution in [1.82, 2.24) is 0 Å². The van der Waals surface area contributed by atoms with Crippen molar-refractivity contribution in [2.24, 2.45) is 0 Å². The van der Waals surface area contributed by atoms with Gasteiger partial charge in [0, 0.05) is 0 Å². The Labute approximate surface area is 125 Å². The van der Waals surface area contributed by atoms with E-state index in [2.05, 4.69) is 12.1 Å². The molecule has 0 saturated heterocycles. The van der Waals surface area contributed by atoms with Crippen LogP contribution >= 0.6 is 0 Å². The van der Waals surface area contributed by atoms with Gasteiger partial charge in [0.2, 0.25) is 0 Å². The van der Waals surface area contributed by atoms with Crippen LogP contribution in [-0.2, 0) is 16.0 Å². The maximum atomic E-state index is 11.7. The Morgan fingerprint density at radius 1 is 1.00 bits per heavy atom. The standard InChI is InChI=1S/C18H20O3/c1-20-17-10-8-15(9-11-17)16(13-18(19)21-2)12-14-6-4-3-5-7-14/h3-11,16H,12-13H2,1-2H3. The molecule has 0 aromatic heterocycles. The van der Waals surface area contributed by atoms with Gasteiger partial charge in [-0.2, -0.15) is 0 Å². The first-order valence-corrected chi connectivity index (χ1v) is 6.97. The van der Waals surface area contributed by atoms with Crippen molar-refractivity contribution in [2.45, 2.75) is 18.8 Å². The average molecular weight is 284 g/mol. The molecular weight excluding hydrogens is 264 g/mol. The number of rotatable bonds is 6. The molecule has 110 valence electrons. The van der Waals surface area contributed by atoms with Gasteiger partial charge in [0.1, 0.15) is 5.75 Å². The van der Waals surface area contributed by atoms with Gasteiger partial charge in [-0.1, -0.05) is 42.5 Å². The van der Waals surface area contributed by atoms with Crippen LogP contribution in [0.3, 0.4) is 0 Å². The normalized spacial score (nSPS) is 11.7. The lowest BCUT2D eigenvalue weighted by Gasteiger charge is -2.17. The number of esters is 1. The van der Waals surface area contributed by atoms with Gasteiger partial charge in [-0.25, -0.2) is 0 Å². The van der Waals surface area contributed by atoms with Crippen LogP contribution in [0.2, 0.25) is 0 Å². The van der Waals surface area contributed by atoms with E-state index >= 15 is 0 Å². The molecule has 0 heterocycles. The predicted molar refractivity (Wildman–Crippen MR) is 82.5 cm³/mol. The Morgan fingerprint density at radius 3 is 2.24 bits per heavy atom. The Bertz CT molecular complexity index is 561. The second-order valence-corrected chi connectivity index (χ2v) is 4.94. The zero-order chi connectivity index (χ0) is 15.1. The smallest absolute Gasteiger partial charge is 0.306 e. The largest absolute Gasteiger partial charge is 0.497 e. The molecule has 0 N–H and O–H groups in total. The highest BCUT2D eigenvalue weighted by Gasteiger charge is 2.17. The predicted octanol–water partition coefficient (Wildman–Crippen LogP) is 3.58. The van der Waals surface area contributed by atoms with Gasteiger partial charge in [-0.3, -0.25) is 4.79 Å². The molecule has 1 unspecified atom stereocenters. The fourth-order valence-electron chi connectivity index (χ4n) is 2.37. The van der Waals surface area contributed by atoms with Crippen LogP contribution in [0.15, 0.2) is 54.6 Å². The van der Waals surface area contributed by atoms with Crippen molar-refractivity contribution >= 4 is 5.97 Å². The number of carbonyl (C=O) groups excluding carboxylic acids is 1. The molecule has 2 rings (SSSR count). The van der Waals surface area contributed by atoms with Gasteiger partial charge >= 0.3 is 5.97 Å². The molecule has 0 spiro atoms. The van der Waals surface area contributed by atoms with Crippen molar-refractivity contribution < 1.29 is 14.3 Å². The third-order valence-electron chi connectivity index (χ3n) is 3.55. The highest BCUT2D eigenvalue weighted by atomic mass is 16.5. The van der Waals surface area contributed by atoms with E-state index in [1.807, 2.05) is 42.5 Å². The highest BCUT2D eigenvalue weighted by molar-refractivity contribution is 5.70. The number of carbonyl (C=O) groups is 1. The molecule has 0 aliphatic carbocycles. The quantitative estimate of drug-likeness (QED) is 0.761. The van der Waals surface area contributed by atoms with E-state index in [1.54, 1.807) is 7.11 Å². The molecule has 2 aromatic rings.